The van der Waals surface area contributed by atoms with Crippen LogP contribution in [0.2, 0.25) is 0 Å². The number of amides is 1. The highest BCUT2D eigenvalue weighted by atomic mass is 16.5. The first-order valence-electron chi connectivity index (χ1n) is 10.8. The van der Waals surface area contributed by atoms with Gasteiger partial charge in [0.05, 0.1) is 19.6 Å². The fourth-order valence-corrected chi connectivity index (χ4v) is 3.75. The number of piperidine rings is 1. The SMILES string of the molecule is CCOC(=O)C1CCN(c2nc(C)cc(=O)n2CC(=O)NCc2cccc(OC)c2)CC1. The lowest BCUT2D eigenvalue weighted by Crippen LogP contribution is -2.42. The second kappa shape index (κ2) is 10.8. The molecule has 0 radical (unpaired) electrons. The molecule has 1 aliphatic heterocycles. The van der Waals surface area contributed by atoms with E-state index in [9.17, 15) is 14.4 Å². The Morgan fingerprint density at radius 1 is 1.22 bits per heavy atom. The summed E-state index contributed by atoms with van der Waals surface area (Å²) >= 11 is 0. The van der Waals surface area contributed by atoms with Gasteiger partial charge in [-0.2, -0.15) is 0 Å². The lowest BCUT2D eigenvalue weighted by atomic mass is 9.97. The largest absolute Gasteiger partial charge is 0.497 e. The lowest BCUT2D eigenvalue weighted by Gasteiger charge is -2.32. The molecule has 1 amide bonds. The number of hydrogen-bond acceptors (Lipinski definition) is 7. The summed E-state index contributed by atoms with van der Waals surface area (Å²) in [5, 5.41) is 2.85. The van der Waals surface area contributed by atoms with Gasteiger partial charge in [-0.15, -0.1) is 0 Å². The number of anilines is 1. The minimum absolute atomic E-state index is 0.136. The standard InChI is InChI=1S/C23H30N4O5/c1-4-32-22(30)18-8-10-26(11-9-18)23-25-16(2)12-21(29)27(23)15-20(28)24-14-17-6-5-7-19(13-17)31-3/h5-7,12-13,18H,4,8-11,14-15H2,1-3H3,(H,24,28). The zero-order valence-corrected chi connectivity index (χ0v) is 18.8. The van der Waals surface area contributed by atoms with Crippen LogP contribution in [-0.2, 0) is 27.4 Å². The Balaban J connectivity index is 1.68. The molecular weight excluding hydrogens is 412 g/mol. The third-order valence-electron chi connectivity index (χ3n) is 5.44. The molecule has 9 nitrogen and oxygen atoms in total. The summed E-state index contributed by atoms with van der Waals surface area (Å²) in [7, 11) is 1.59. The number of esters is 1. The maximum atomic E-state index is 12.7. The van der Waals surface area contributed by atoms with Gasteiger partial charge in [0.15, 0.2) is 0 Å². The van der Waals surface area contributed by atoms with Gasteiger partial charge in [-0.05, 0) is 44.4 Å². The van der Waals surface area contributed by atoms with Crippen LogP contribution in [-0.4, -0.2) is 48.2 Å². The predicted octanol–water partition coefficient (Wildman–Crippen LogP) is 1.66. The average molecular weight is 443 g/mol. The van der Waals surface area contributed by atoms with Crippen molar-refractivity contribution in [2.24, 2.45) is 5.92 Å². The van der Waals surface area contributed by atoms with Gasteiger partial charge < -0.3 is 19.7 Å². The third kappa shape index (κ3) is 5.87. The smallest absolute Gasteiger partial charge is 0.309 e. The van der Waals surface area contributed by atoms with Crippen molar-refractivity contribution in [1.29, 1.82) is 0 Å². The van der Waals surface area contributed by atoms with Crippen molar-refractivity contribution >= 4 is 17.8 Å². The molecule has 2 heterocycles. The summed E-state index contributed by atoms with van der Waals surface area (Å²) in [4.78, 5) is 43.8. The maximum absolute atomic E-state index is 12.7. The summed E-state index contributed by atoms with van der Waals surface area (Å²) in [5.74, 6) is 0.544. The second-order valence-electron chi connectivity index (χ2n) is 7.76. The van der Waals surface area contributed by atoms with Crippen molar-refractivity contribution in [2.45, 2.75) is 39.8 Å². The van der Waals surface area contributed by atoms with Crippen LogP contribution >= 0.6 is 0 Å². The average Bonchev–Trinajstić information content (AvgIpc) is 2.79. The van der Waals surface area contributed by atoms with Crippen molar-refractivity contribution in [1.82, 2.24) is 14.9 Å². The molecule has 9 heteroatoms. The van der Waals surface area contributed by atoms with E-state index in [2.05, 4.69) is 10.3 Å². The van der Waals surface area contributed by atoms with Crippen LogP contribution in [0.3, 0.4) is 0 Å². The highest BCUT2D eigenvalue weighted by Gasteiger charge is 2.28. The van der Waals surface area contributed by atoms with E-state index in [1.54, 1.807) is 21.0 Å². The molecule has 0 spiro atoms. The maximum Gasteiger partial charge on any atom is 0.309 e. The number of nitrogens with zero attached hydrogens (tertiary/aromatic N) is 3. The quantitative estimate of drug-likeness (QED) is 0.620. The van der Waals surface area contributed by atoms with E-state index in [0.717, 1.165) is 5.56 Å². The van der Waals surface area contributed by atoms with Gasteiger partial charge in [0.1, 0.15) is 12.3 Å². The zero-order chi connectivity index (χ0) is 23.1. The Morgan fingerprint density at radius 3 is 2.66 bits per heavy atom. The lowest BCUT2D eigenvalue weighted by molar-refractivity contribution is -0.148. The van der Waals surface area contributed by atoms with Crippen molar-refractivity contribution in [3.8, 4) is 5.75 Å². The number of methoxy groups -OCH3 is 1. The van der Waals surface area contributed by atoms with Crippen molar-refractivity contribution in [3.05, 3.63) is 51.9 Å². The first-order chi connectivity index (χ1) is 15.4. The third-order valence-corrected chi connectivity index (χ3v) is 5.44. The monoisotopic (exact) mass is 442 g/mol. The second-order valence-corrected chi connectivity index (χ2v) is 7.76. The van der Waals surface area contributed by atoms with Crippen molar-refractivity contribution in [3.63, 3.8) is 0 Å². The van der Waals surface area contributed by atoms with Crippen molar-refractivity contribution < 1.29 is 19.1 Å². The molecule has 1 aromatic heterocycles. The van der Waals surface area contributed by atoms with E-state index < -0.39 is 0 Å². The molecule has 0 unspecified atom stereocenters. The molecule has 0 aliphatic carbocycles. The number of benzene rings is 1. The van der Waals surface area contributed by atoms with Crippen LogP contribution < -0.4 is 20.5 Å². The molecule has 172 valence electrons. The fraction of sp³-hybridized carbons (Fsp3) is 0.478. The molecule has 1 aromatic carbocycles. The van der Waals surface area contributed by atoms with E-state index in [-0.39, 0.29) is 29.9 Å². The highest BCUT2D eigenvalue weighted by Crippen LogP contribution is 2.22. The van der Waals surface area contributed by atoms with E-state index >= 15 is 0 Å². The minimum Gasteiger partial charge on any atom is -0.497 e. The van der Waals surface area contributed by atoms with Gasteiger partial charge in [-0.1, -0.05) is 12.1 Å². The normalized spacial score (nSPS) is 14.2. The van der Waals surface area contributed by atoms with Crippen LogP contribution in [0.4, 0.5) is 5.95 Å². The number of rotatable bonds is 8. The number of aryl methyl sites for hydroxylation is 1. The first-order valence-corrected chi connectivity index (χ1v) is 10.8. The van der Waals surface area contributed by atoms with Gasteiger partial charge in [-0.3, -0.25) is 19.0 Å². The van der Waals surface area contributed by atoms with Gasteiger partial charge >= 0.3 is 5.97 Å². The predicted molar refractivity (Wildman–Crippen MR) is 120 cm³/mol. The Bertz CT molecular complexity index is 1010. The molecule has 2 aromatic rings. The van der Waals surface area contributed by atoms with Crippen LogP contribution in [0, 0.1) is 12.8 Å². The molecule has 0 atom stereocenters. The summed E-state index contributed by atoms with van der Waals surface area (Å²) < 4.78 is 11.7. The van der Waals surface area contributed by atoms with E-state index in [1.165, 1.54) is 10.6 Å². The van der Waals surface area contributed by atoms with Gasteiger partial charge in [0.25, 0.3) is 5.56 Å². The van der Waals surface area contributed by atoms with Crippen molar-refractivity contribution in [2.75, 3.05) is 31.7 Å². The number of carbonyl (C=O) groups excluding carboxylic acids is 2. The van der Waals surface area contributed by atoms with Crippen LogP contribution in [0.25, 0.3) is 0 Å². The van der Waals surface area contributed by atoms with Gasteiger partial charge in [-0.25, -0.2) is 4.98 Å². The van der Waals surface area contributed by atoms with E-state index in [1.807, 2.05) is 29.2 Å². The molecule has 3 rings (SSSR count). The molecule has 1 fully saturated rings. The topological polar surface area (TPSA) is 103 Å². The minimum atomic E-state index is -0.289. The Labute approximate surface area is 187 Å². The highest BCUT2D eigenvalue weighted by molar-refractivity contribution is 5.76. The van der Waals surface area contributed by atoms with Crippen LogP contribution in [0.15, 0.2) is 35.1 Å². The molecule has 1 aliphatic rings. The molecular formula is C23H30N4O5. The molecule has 1 saturated heterocycles. The molecule has 1 N–H and O–H groups in total. The number of hydrogen-bond donors (Lipinski definition) is 1. The number of carbonyl (C=O) groups is 2. The molecule has 32 heavy (non-hydrogen) atoms. The number of nitrogens with one attached hydrogen (secondary N) is 1. The molecule has 0 saturated carbocycles. The van der Waals surface area contributed by atoms with Crippen LogP contribution in [0.5, 0.6) is 5.75 Å². The summed E-state index contributed by atoms with van der Waals surface area (Å²) in [6.45, 7) is 5.22. The van der Waals surface area contributed by atoms with Crippen LogP contribution in [0.1, 0.15) is 31.0 Å². The fourth-order valence-electron chi connectivity index (χ4n) is 3.75. The molecule has 0 bridgehead atoms. The van der Waals surface area contributed by atoms with Gasteiger partial charge in [0, 0.05) is 31.4 Å². The summed E-state index contributed by atoms with van der Waals surface area (Å²) in [5.41, 5.74) is 1.20. The Morgan fingerprint density at radius 2 is 1.97 bits per heavy atom. The Hall–Kier alpha value is -3.36. The summed E-state index contributed by atoms with van der Waals surface area (Å²) in [6, 6.07) is 8.84. The number of ether oxygens (including phenoxy) is 2. The number of aromatic nitrogens is 2. The Kier molecular flexibility index (Phi) is 7.86. The van der Waals surface area contributed by atoms with Gasteiger partial charge in [0.2, 0.25) is 11.9 Å². The summed E-state index contributed by atoms with van der Waals surface area (Å²) in [6.07, 6.45) is 1.23. The van der Waals surface area contributed by atoms with E-state index in [0.29, 0.717) is 56.5 Å². The van der Waals surface area contributed by atoms with E-state index in [4.69, 9.17) is 9.47 Å². The first kappa shape index (κ1) is 23.3. The zero-order valence-electron chi connectivity index (χ0n) is 18.8.